The number of nitrogens with zero attached hydrogens (tertiary/aromatic N) is 3. The lowest BCUT2D eigenvalue weighted by molar-refractivity contribution is -0.139. The second-order valence-electron chi connectivity index (χ2n) is 7.06. The molecule has 15 heteroatoms. The number of urea groups is 1. The molecule has 14 nitrogen and oxygen atoms in total. The van der Waals surface area contributed by atoms with E-state index < -0.39 is 48.8 Å². The first kappa shape index (κ1) is 28.0. The van der Waals surface area contributed by atoms with Crippen molar-refractivity contribution in [1.82, 2.24) is 30.9 Å². The van der Waals surface area contributed by atoms with Gasteiger partial charge in [-0.15, -0.1) is 5.10 Å². The predicted octanol–water partition coefficient (Wildman–Crippen LogP) is -0.338. The topological polar surface area (TPSA) is 213 Å². The van der Waals surface area contributed by atoms with Crippen molar-refractivity contribution in [2.24, 2.45) is 0 Å². The van der Waals surface area contributed by atoms with E-state index in [2.05, 4.69) is 20.9 Å². The van der Waals surface area contributed by atoms with E-state index in [9.17, 15) is 33.5 Å². The summed E-state index contributed by atoms with van der Waals surface area (Å²) in [6, 6.07) is -2.44. The van der Waals surface area contributed by atoms with E-state index in [0.29, 0.717) is 31.4 Å². The molecule has 1 heterocycles. The summed E-state index contributed by atoms with van der Waals surface area (Å²) in [5, 5.41) is 41.1. The summed E-state index contributed by atoms with van der Waals surface area (Å²) in [6.45, 7) is -0.311. The molecule has 0 saturated heterocycles. The molecule has 0 aliphatic rings. The Morgan fingerprint density at radius 1 is 1.12 bits per heavy atom. The zero-order chi connectivity index (χ0) is 25.5. The maximum absolute atomic E-state index is 12.2. The fourth-order valence-electron chi connectivity index (χ4n) is 2.64. The Morgan fingerprint density at radius 3 is 2.47 bits per heavy atom. The van der Waals surface area contributed by atoms with Crippen molar-refractivity contribution in [3.05, 3.63) is 23.7 Å². The van der Waals surface area contributed by atoms with Gasteiger partial charge in [-0.2, -0.15) is 0 Å². The van der Waals surface area contributed by atoms with Crippen LogP contribution in [0.5, 0.6) is 0 Å². The molecule has 6 N–H and O–H groups in total. The van der Waals surface area contributed by atoms with Crippen LogP contribution in [0.3, 0.4) is 0 Å². The highest BCUT2D eigenvalue weighted by atomic mass is 19.1. The summed E-state index contributed by atoms with van der Waals surface area (Å²) in [6.07, 6.45) is 3.13. The number of amides is 3. The van der Waals surface area contributed by atoms with Gasteiger partial charge in [0.2, 0.25) is 5.91 Å². The van der Waals surface area contributed by atoms with Crippen molar-refractivity contribution in [2.45, 2.75) is 51.1 Å². The Hall–Kier alpha value is -4.04. The average molecular weight is 486 g/mol. The number of hydrogen-bond donors (Lipinski definition) is 6. The molecule has 188 valence electrons. The number of carboxylic acids is 3. The number of hydrogen-bond acceptors (Lipinski definition) is 7. The number of carboxylic acid groups (broad SMARTS) is 3. The van der Waals surface area contributed by atoms with Crippen LogP contribution < -0.4 is 16.0 Å². The van der Waals surface area contributed by atoms with Crippen molar-refractivity contribution in [3.63, 3.8) is 0 Å². The number of halogens is 1. The van der Waals surface area contributed by atoms with Crippen LogP contribution in [-0.2, 0) is 32.1 Å². The van der Waals surface area contributed by atoms with E-state index in [1.165, 1.54) is 4.68 Å². The second-order valence-corrected chi connectivity index (χ2v) is 7.06. The number of nitrogens with one attached hydrogen (secondary N) is 3. The largest absolute Gasteiger partial charge is 0.481 e. The lowest BCUT2D eigenvalue weighted by Crippen LogP contribution is -2.46. The van der Waals surface area contributed by atoms with Crippen LogP contribution in [-0.4, -0.2) is 79.4 Å². The van der Waals surface area contributed by atoms with E-state index in [0.717, 1.165) is 6.08 Å². The van der Waals surface area contributed by atoms with Crippen LogP contribution >= 0.6 is 0 Å². The third kappa shape index (κ3) is 11.5. The zero-order valence-electron chi connectivity index (χ0n) is 18.2. The van der Waals surface area contributed by atoms with Crippen molar-refractivity contribution >= 4 is 29.8 Å². The summed E-state index contributed by atoms with van der Waals surface area (Å²) < 4.78 is 13.5. The molecule has 1 rings (SSSR count). The second kappa shape index (κ2) is 14.9. The zero-order valence-corrected chi connectivity index (χ0v) is 18.2. The van der Waals surface area contributed by atoms with Gasteiger partial charge < -0.3 is 31.3 Å². The molecule has 0 saturated carbocycles. The van der Waals surface area contributed by atoms with Crippen LogP contribution in [0.2, 0.25) is 0 Å². The van der Waals surface area contributed by atoms with Gasteiger partial charge in [0.15, 0.2) is 0 Å². The Labute approximate surface area is 193 Å². The van der Waals surface area contributed by atoms with Gasteiger partial charge in [0.05, 0.1) is 18.8 Å². The molecule has 0 aliphatic carbocycles. The highest BCUT2D eigenvalue weighted by Gasteiger charge is 2.21. The normalized spacial score (nSPS) is 12.0. The predicted molar refractivity (Wildman–Crippen MR) is 112 cm³/mol. The summed E-state index contributed by atoms with van der Waals surface area (Å²) in [5.41, 5.74) is -0.122. The lowest BCUT2D eigenvalue weighted by atomic mass is 10.1. The number of aromatic nitrogens is 3. The van der Waals surface area contributed by atoms with Gasteiger partial charge >= 0.3 is 23.9 Å². The standard InChI is InChI=1S/C19H27FN6O8/c20-8-3-4-12-10-26(25-24-12)11-15(27)21-9-2-1-5-13(17(30)31)22-19(34)23-14(18(32)33)6-7-16(28)29/h6,10,13H,1-5,7-9,11H2,(H,21,27)(H,28,29)(H,30,31)(H,32,33)(H2,22,23,34)/b14-6+/t13-/m0/s1. The van der Waals surface area contributed by atoms with Crippen molar-refractivity contribution in [2.75, 3.05) is 13.2 Å². The fraction of sp³-hybridized carbons (Fsp3) is 0.526. The highest BCUT2D eigenvalue weighted by Crippen LogP contribution is 2.03. The molecule has 34 heavy (non-hydrogen) atoms. The minimum absolute atomic E-state index is 0.000869. The average Bonchev–Trinajstić information content (AvgIpc) is 3.20. The van der Waals surface area contributed by atoms with Gasteiger partial charge in [-0.1, -0.05) is 5.21 Å². The SMILES string of the molecule is O=C(O)C/C=C(/NC(=O)N[C@@H](CCCCNC(=O)Cn1cc(CCCF)nn1)C(=O)O)C(=O)O. The van der Waals surface area contributed by atoms with Crippen LogP contribution in [0.4, 0.5) is 9.18 Å². The molecule has 1 aromatic rings. The van der Waals surface area contributed by atoms with Crippen LogP contribution in [0.1, 0.15) is 37.8 Å². The minimum Gasteiger partial charge on any atom is -0.481 e. The molecular weight excluding hydrogens is 459 g/mol. The third-order valence-corrected chi connectivity index (χ3v) is 4.26. The Morgan fingerprint density at radius 2 is 1.85 bits per heavy atom. The number of carbonyl (C=O) groups is 5. The minimum atomic E-state index is -1.58. The van der Waals surface area contributed by atoms with Crippen molar-refractivity contribution in [1.29, 1.82) is 0 Å². The molecule has 1 atom stereocenters. The van der Waals surface area contributed by atoms with Crippen molar-refractivity contribution in [3.8, 4) is 0 Å². The van der Waals surface area contributed by atoms with Crippen molar-refractivity contribution < 1.29 is 43.7 Å². The number of aryl methyl sites for hydroxylation is 1. The molecule has 0 unspecified atom stereocenters. The molecular formula is C19H27FN6O8. The lowest BCUT2D eigenvalue weighted by Gasteiger charge is -2.15. The first-order chi connectivity index (χ1) is 16.1. The Bertz CT molecular complexity index is 903. The molecule has 3 amide bonds. The number of unbranched alkanes of at least 4 members (excludes halogenated alkanes) is 1. The molecule has 0 bridgehead atoms. The molecule has 0 spiro atoms. The first-order valence-electron chi connectivity index (χ1n) is 10.3. The maximum atomic E-state index is 12.2. The molecule has 0 aromatic carbocycles. The van der Waals surface area contributed by atoms with Gasteiger partial charge in [0.25, 0.3) is 0 Å². The van der Waals surface area contributed by atoms with Crippen LogP contribution in [0, 0.1) is 0 Å². The molecule has 0 fully saturated rings. The van der Waals surface area contributed by atoms with Gasteiger partial charge in [0.1, 0.15) is 18.3 Å². The van der Waals surface area contributed by atoms with Gasteiger partial charge in [0, 0.05) is 12.7 Å². The van der Waals surface area contributed by atoms with E-state index in [-0.39, 0.29) is 25.4 Å². The summed E-state index contributed by atoms with van der Waals surface area (Å²) in [7, 11) is 0. The van der Waals surface area contributed by atoms with Crippen LogP contribution in [0.15, 0.2) is 18.0 Å². The van der Waals surface area contributed by atoms with Gasteiger partial charge in [-0.3, -0.25) is 14.0 Å². The monoisotopic (exact) mass is 486 g/mol. The number of alkyl halides is 1. The first-order valence-corrected chi connectivity index (χ1v) is 10.3. The number of carbonyl (C=O) groups excluding carboxylic acids is 2. The quantitative estimate of drug-likeness (QED) is 0.132. The van der Waals surface area contributed by atoms with Gasteiger partial charge in [-0.25, -0.2) is 19.1 Å². The smallest absolute Gasteiger partial charge is 0.352 e. The highest BCUT2D eigenvalue weighted by molar-refractivity contribution is 5.93. The molecule has 0 radical (unpaired) electrons. The number of aliphatic carboxylic acids is 3. The van der Waals surface area contributed by atoms with Crippen LogP contribution in [0.25, 0.3) is 0 Å². The van der Waals surface area contributed by atoms with E-state index in [1.54, 1.807) is 6.20 Å². The summed E-state index contributed by atoms with van der Waals surface area (Å²) >= 11 is 0. The summed E-state index contributed by atoms with van der Waals surface area (Å²) in [5.74, 6) is -4.58. The van der Waals surface area contributed by atoms with E-state index in [1.807, 2.05) is 5.32 Å². The molecule has 1 aromatic heterocycles. The number of rotatable bonds is 16. The third-order valence-electron chi connectivity index (χ3n) is 4.26. The molecule has 0 aliphatic heterocycles. The fourth-order valence-corrected chi connectivity index (χ4v) is 2.64. The Kier molecular flexibility index (Phi) is 12.3. The van der Waals surface area contributed by atoms with Gasteiger partial charge in [-0.05, 0) is 38.2 Å². The maximum Gasteiger partial charge on any atom is 0.352 e. The van der Waals surface area contributed by atoms with E-state index >= 15 is 0 Å². The summed E-state index contributed by atoms with van der Waals surface area (Å²) in [4.78, 5) is 56.8. The Balaban J connectivity index is 2.38. The van der Waals surface area contributed by atoms with E-state index in [4.69, 9.17) is 10.2 Å².